The minimum Gasteiger partial charge on any atom is -0.496 e. The van der Waals surface area contributed by atoms with Gasteiger partial charge < -0.3 is 9.84 Å². The number of halogens is 4. The number of ether oxygens (including phenoxy) is 1. The Hall–Kier alpha value is -0.980. The van der Waals surface area contributed by atoms with Crippen LogP contribution < -0.4 is 4.74 Å². The highest BCUT2D eigenvalue weighted by Gasteiger charge is 2.64. The highest BCUT2D eigenvalue weighted by atomic mass is 35.5. The van der Waals surface area contributed by atoms with Crippen molar-refractivity contribution in [2.24, 2.45) is 0 Å². The zero-order valence-corrected chi connectivity index (χ0v) is 12.5. The number of hydrogen-bond acceptors (Lipinski definition) is 3. The van der Waals surface area contributed by atoms with Crippen molar-refractivity contribution in [1.29, 1.82) is 0 Å². The SMILES string of the molecule is COc1cccc(C)c1C(Cl)C(O)(N1CCC1)C(F)(F)F. The largest absolute Gasteiger partial charge is 0.496 e. The smallest absolute Gasteiger partial charge is 0.433 e. The summed E-state index contributed by atoms with van der Waals surface area (Å²) in [5.74, 6) is 0.234. The second-order valence-corrected chi connectivity index (χ2v) is 5.55. The molecule has 0 radical (unpaired) electrons. The molecule has 1 saturated heterocycles. The van der Waals surface area contributed by atoms with Crippen LogP contribution in [0.2, 0.25) is 0 Å². The molecular formula is C14H17ClF3NO2. The number of hydrogen-bond donors (Lipinski definition) is 1. The molecule has 1 aliphatic heterocycles. The molecule has 2 atom stereocenters. The fourth-order valence-electron chi connectivity index (χ4n) is 2.50. The second-order valence-electron chi connectivity index (χ2n) is 5.12. The van der Waals surface area contributed by atoms with Crippen molar-refractivity contribution < 1.29 is 23.0 Å². The van der Waals surface area contributed by atoms with Gasteiger partial charge in [-0.3, -0.25) is 4.90 Å². The Bertz CT molecular complexity index is 519. The monoisotopic (exact) mass is 323 g/mol. The van der Waals surface area contributed by atoms with Gasteiger partial charge in [0, 0.05) is 18.7 Å². The van der Waals surface area contributed by atoms with Crippen LogP contribution in [0.1, 0.15) is 22.9 Å². The Labute approximate surface area is 126 Å². The van der Waals surface area contributed by atoms with Crippen LogP contribution in [0.15, 0.2) is 18.2 Å². The molecule has 7 heteroatoms. The van der Waals surface area contributed by atoms with E-state index in [-0.39, 0.29) is 24.4 Å². The maximum atomic E-state index is 13.5. The molecule has 3 nitrogen and oxygen atoms in total. The van der Waals surface area contributed by atoms with Crippen molar-refractivity contribution >= 4 is 11.6 Å². The summed E-state index contributed by atoms with van der Waals surface area (Å²) >= 11 is 6.10. The first kappa shape index (κ1) is 16.4. The highest BCUT2D eigenvalue weighted by Crippen LogP contribution is 2.50. The molecule has 2 unspecified atom stereocenters. The summed E-state index contributed by atoms with van der Waals surface area (Å²) in [5, 5.41) is 8.68. The van der Waals surface area contributed by atoms with Crippen molar-refractivity contribution in [1.82, 2.24) is 4.90 Å². The Balaban J connectivity index is 2.51. The van der Waals surface area contributed by atoms with Gasteiger partial charge in [-0.15, -0.1) is 11.6 Å². The van der Waals surface area contributed by atoms with E-state index in [1.165, 1.54) is 13.2 Å². The molecule has 0 spiro atoms. The van der Waals surface area contributed by atoms with Gasteiger partial charge in [-0.1, -0.05) is 12.1 Å². The number of benzene rings is 1. The van der Waals surface area contributed by atoms with Crippen LogP contribution in [-0.4, -0.2) is 42.1 Å². The topological polar surface area (TPSA) is 32.7 Å². The van der Waals surface area contributed by atoms with Crippen molar-refractivity contribution in [2.45, 2.75) is 30.6 Å². The second kappa shape index (κ2) is 5.66. The minimum absolute atomic E-state index is 0.160. The first-order valence-corrected chi connectivity index (χ1v) is 6.99. The molecule has 1 aliphatic rings. The molecule has 1 aromatic rings. The van der Waals surface area contributed by atoms with E-state index in [4.69, 9.17) is 16.3 Å². The van der Waals surface area contributed by atoms with Gasteiger partial charge in [0.25, 0.3) is 0 Å². The number of methoxy groups -OCH3 is 1. The zero-order valence-electron chi connectivity index (χ0n) is 11.7. The molecule has 21 heavy (non-hydrogen) atoms. The molecule has 1 aromatic carbocycles. The Morgan fingerprint density at radius 2 is 1.95 bits per heavy atom. The molecule has 0 aliphatic carbocycles. The van der Waals surface area contributed by atoms with Gasteiger partial charge >= 0.3 is 6.18 Å². The van der Waals surface area contributed by atoms with Crippen LogP contribution in [0.5, 0.6) is 5.75 Å². The summed E-state index contributed by atoms with van der Waals surface area (Å²) in [6.07, 6.45) is -4.26. The molecule has 2 rings (SSSR count). The zero-order chi connectivity index (χ0) is 15.8. The van der Waals surface area contributed by atoms with Crippen LogP contribution in [0, 0.1) is 6.92 Å². The lowest BCUT2D eigenvalue weighted by molar-refractivity contribution is -0.327. The van der Waals surface area contributed by atoms with Gasteiger partial charge in [0.05, 0.1) is 7.11 Å². The number of rotatable bonds is 4. The van der Waals surface area contributed by atoms with E-state index in [1.807, 2.05) is 0 Å². The highest BCUT2D eigenvalue weighted by molar-refractivity contribution is 6.22. The normalized spacial score (nSPS) is 20.5. The third-order valence-corrected chi connectivity index (χ3v) is 4.39. The van der Waals surface area contributed by atoms with Gasteiger partial charge in [0.2, 0.25) is 5.72 Å². The van der Waals surface area contributed by atoms with E-state index in [2.05, 4.69) is 0 Å². The molecule has 118 valence electrons. The molecule has 0 saturated carbocycles. The van der Waals surface area contributed by atoms with E-state index in [0.717, 1.165) is 4.90 Å². The molecule has 1 fully saturated rings. The lowest BCUT2D eigenvalue weighted by atomic mass is 9.93. The van der Waals surface area contributed by atoms with Crippen molar-refractivity contribution in [2.75, 3.05) is 20.2 Å². The van der Waals surface area contributed by atoms with Crippen LogP contribution in [0.3, 0.4) is 0 Å². The maximum absolute atomic E-state index is 13.5. The summed E-state index contributed by atoms with van der Waals surface area (Å²) < 4.78 is 45.5. The molecule has 0 bridgehead atoms. The van der Waals surface area contributed by atoms with Gasteiger partial charge in [-0.05, 0) is 25.0 Å². The fraction of sp³-hybridized carbons (Fsp3) is 0.571. The quantitative estimate of drug-likeness (QED) is 0.863. The maximum Gasteiger partial charge on any atom is 0.433 e. The average molecular weight is 324 g/mol. The molecular weight excluding hydrogens is 307 g/mol. The van der Waals surface area contributed by atoms with Crippen LogP contribution >= 0.6 is 11.6 Å². The first-order valence-electron chi connectivity index (χ1n) is 6.55. The first-order chi connectivity index (χ1) is 9.73. The summed E-state index contributed by atoms with van der Waals surface area (Å²) in [4.78, 5) is 0.955. The van der Waals surface area contributed by atoms with Crippen molar-refractivity contribution in [3.63, 3.8) is 0 Å². The lowest BCUT2D eigenvalue weighted by Gasteiger charge is -2.48. The Morgan fingerprint density at radius 1 is 1.33 bits per heavy atom. The number of alkyl halides is 4. The standard InChI is InChI=1S/C14H17ClF3NO2/c1-9-5-3-6-10(21-2)11(9)12(15)13(20,14(16,17)18)19-7-4-8-19/h3,5-6,12,20H,4,7-8H2,1-2H3. The van der Waals surface area contributed by atoms with Crippen LogP contribution in [-0.2, 0) is 0 Å². The predicted octanol–water partition coefficient (Wildman–Crippen LogP) is 3.24. The Kier molecular flexibility index (Phi) is 4.42. The molecule has 0 aromatic heterocycles. The molecule has 1 heterocycles. The van der Waals surface area contributed by atoms with Gasteiger partial charge in [0.15, 0.2) is 0 Å². The number of nitrogens with zero attached hydrogens (tertiary/aromatic N) is 1. The average Bonchev–Trinajstić information content (AvgIpc) is 2.33. The molecule has 0 amide bonds. The van der Waals surface area contributed by atoms with E-state index < -0.39 is 17.3 Å². The van der Waals surface area contributed by atoms with Crippen molar-refractivity contribution in [3.8, 4) is 5.75 Å². The van der Waals surface area contributed by atoms with Crippen LogP contribution in [0.25, 0.3) is 0 Å². The number of likely N-dealkylation sites (tertiary alicyclic amines) is 1. The summed E-state index contributed by atoms with van der Waals surface area (Å²) in [7, 11) is 1.36. The summed E-state index contributed by atoms with van der Waals surface area (Å²) in [6, 6.07) is 4.84. The predicted molar refractivity (Wildman–Crippen MR) is 73.5 cm³/mol. The lowest BCUT2D eigenvalue weighted by Crippen LogP contribution is -2.65. The van der Waals surface area contributed by atoms with E-state index in [9.17, 15) is 18.3 Å². The van der Waals surface area contributed by atoms with Gasteiger partial charge in [-0.25, -0.2) is 0 Å². The third-order valence-electron chi connectivity index (χ3n) is 3.87. The van der Waals surface area contributed by atoms with Gasteiger partial charge in [0.1, 0.15) is 11.1 Å². The summed E-state index contributed by atoms with van der Waals surface area (Å²) in [5.41, 5.74) is -2.41. The number of aliphatic hydroxyl groups is 1. The van der Waals surface area contributed by atoms with E-state index in [1.54, 1.807) is 19.1 Å². The summed E-state index contributed by atoms with van der Waals surface area (Å²) in [6.45, 7) is 1.96. The number of aryl methyl sites for hydroxylation is 1. The molecule has 1 N–H and O–H groups in total. The third kappa shape index (κ3) is 2.60. The fourth-order valence-corrected chi connectivity index (χ4v) is 3.04. The van der Waals surface area contributed by atoms with Crippen LogP contribution in [0.4, 0.5) is 13.2 Å². The van der Waals surface area contributed by atoms with E-state index in [0.29, 0.717) is 12.0 Å². The van der Waals surface area contributed by atoms with Crippen molar-refractivity contribution in [3.05, 3.63) is 29.3 Å². The minimum atomic E-state index is -4.87. The van der Waals surface area contributed by atoms with Gasteiger partial charge in [-0.2, -0.15) is 13.2 Å². The Morgan fingerprint density at radius 3 is 2.38 bits per heavy atom. The van der Waals surface area contributed by atoms with E-state index >= 15 is 0 Å².